The van der Waals surface area contributed by atoms with E-state index in [0.29, 0.717) is 5.02 Å². The zero-order chi connectivity index (χ0) is 11.4. The van der Waals surface area contributed by atoms with Crippen LogP contribution >= 0.6 is 11.6 Å². The summed E-state index contributed by atoms with van der Waals surface area (Å²) < 4.78 is 0. The van der Waals surface area contributed by atoms with Gasteiger partial charge in [-0.3, -0.25) is 9.59 Å². The molecule has 0 aliphatic carbocycles. The van der Waals surface area contributed by atoms with Crippen LogP contribution in [0, 0.1) is 0 Å². The predicted molar refractivity (Wildman–Crippen MR) is 55.7 cm³/mol. The highest BCUT2D eigenvalue weighted by Crippen LogP contribution is 2.10. The molecule has 0 fully saturated rings. The summed E-state index contributed by atoms with van der Waals surface area (Å²) in [7, 11) is 0. The van der Waals surface area contributed by atoms with Crippen LogP contribution in [0.1, 0.15) is 17.3 Å². The first-order valence-corrected chi connectivity index (χ1v) is 4.47. The first-order valence-electron chi connectivity index (χ1n) is 4.09. The summed E-state index contributed by atoms with van der Waals surface area (Å²) in [6, 6.07) is 5.95. The van der Waals surface area contributed by atoms with E-state index in [1.807, 2.05) is 0 Å². The second-order valence-corrected chi connectivity index (χ2v) is 3.28. The largest absolute Gasteiger partial charge is 0.410 e. The molecular weight excluding hydrogens is 218 g/mol. The van der Waals surface area contributed by atoms with Crippen LogP contribution in [0.5, 0.6) is 0 Å². The van der Waals surface area contributed by atoms with Gasteiger partial charge in [0.1, 0.15) is 0 Å². The van der Waals surface area contributed by atoms with Crippen molar-refractivity contribution in [1.29, 1.82) is 0 Å². The van der Waals surface area contributed by atoms with Crippen molar-refractivity contribution in [2.24, 2.45) is 5.16 Å². The molecule has 5 heteroatoms. The Morgan fingerprint density at radius 2 is 1.80 bits per heavy atom. The molecule has 0 aromatic heterocycles. The smallest absolute Gasteiger partial charge is 0.218 e. The molecule has 0 unspecified atom stereocenters. The summed E-state index contributed by atoms with van der Waals surface area (Å²) in [6.45, 7) is 1.16. The van der Waals surface area contributed by atoms with E-state index >= 15 is 0 Å². The Morgan fingerprint density at radius 1 is 1.27 bits per heavy atom. The maximum atomic E-state index is 11.6. The zero-order valence-corrected chi connectivity index (χ0v) is 8.65. The minimum Gasteiger partial charge on any atom is -0.410 e. The van der Waals surface area contributed by atoms with Gasteiger partial charge in [-0.05, 0) is 24.3 Å². The van der Waals surface area contributed by atoms with Gasteiger partial charge in [0.25, 0.3) is 0 Å². The van der Waals surface area contributed by atoms with Crippen molar-refractivity contribution < 1.29 is 14.8 Å². The first-order chi connectivity index (χ1) is 7.06. The summed E-state index contributed by atoms with van der Waals surface area (Å²) in [5, 5.41) is 11.7. The number of hydrogen-bond acceptors (Lipinski definition) is 4. The van der Waals surface area contributed by atoms with Crippen LogP contribution in [0.3, 0.4) is 0 Å². The quantitative estimate of drug-likeness (QED) is 0.281. The standard InChI is InChI=1S/C10H8ClNO3/c1-6(13)9(12-15)10(14)7-2-4-8(11)5-3-7/h2-5,15H,1H3/b12-9+. The average Bonchev–Trinajstić information content (AvgIpc) is 2.19. The lowest BCUT2D eigenvalue weighted by Crippen LogP contribution is -2.21. The Labute approximate surface area is 91.2 Å². The topological polar surface area (TPSA) is 66.7 Å². The summed E-state index contributed by atoms with van der Waals surface area (Å²) in [6.07, 6.45) is 0. The molecule has 1 aromatic carbocycles. The number of Topliss-reactive ketones (excluding diaryl/α,β-unsaturated/α-hetero) is 2. The first kappa shape index (κ1) is 11.4. The lowest BCUT2D eigenvalue weighted by Gasteiger charge is -1.99. The van der Waals surface area contributed by atoms with E-state index in [9.17, 15) is 9.59 Å². The molecule has 0 saturated carbocycles. The molecule has 78 valence electrons. The predicted octanol–water partition coefficient (Wildman–Crippen LogP) is 1.94. The summed E-state index contributed by atoms with van der Waals surface area (Å²) in [4.78, 5) is 22.5. The molecule has 0 bridgehead atoms. The van der Waals surface area contributed by atoms with Gasteiger partial charge in [-0.2, -0.15) is 0 Å². The van der Waals surface area contributed by atoms with Crippen molar-refractivity contribution in [2.75, 3.05) is 0 Å². The van der Waals surface area contributed by atoms with Crippen molar-refractivity contribution in [1.82, 2.24) is 0 Å². The third-order valence-electron chi connectivity index (χ3n) is 1.75. The van der Waals surface area contributed by atoms with Crippen LogP contribution in [-0.4, -0.2) is 22.5 Å². The summed E-state index contributed by atoms with van der Waals surface area (Å²) in [5.41, 5.74) is -0.236. The Balaban J connectivity index is 3.04. The number of benzene rings is 1. The van der Waals surface area contributed by atoms with E-state index in [2.05, 4.69) is 5.16 Å². The van der Waals surface area contributed by atoms with E-state index < -0.39 is 17.3 Å². The molecule has 0 atom stereocenters. The molecule has 0 aliphatic rings. The van der Waals surface area contributed by atoms with Crippen LogP contribution in [0.25, 0.3) is 0 Å². The van der Waals surface area contributed by atoms with Crippen LogP contribution in [0.15, 0.2) is 29.4 Å². The Morgan fingerprint density at radius 3 is 2.20 bits per heavy atom. The monoisotopic (exact) mass is 225 g/mol. The van der Waals surface area contributed by atoms with E-state index in [1.54, 1.807) is 0 Å². The third kappa shape index (κ3) is 2.63. The number of carbonyl (C=O) groups is 2. The molecule has 15 heavy (non-hydrogen) atoms. The number of halogens is 1. The van der Waals surface area contributed by atoms with Crippen molar-refractivity contribution in [3.63, 3.8) is 0 Å². The van der Waals surface area contributed by atoms with Gasteiger partial charge >= 0.3 is 0 Å². The van der Waals surface area contributed by atoms with E-state index in [1.165, 1.54) is 24.3 Å². The molecule has 0 amide bonds. The Hall–Kier alpha value is -1.68. The average molecular weight is 226 g/mol. The second-order valence-electron chi connectivity index (χ2n) is 2.84. The van der Waals surface area contributed by atoms with Gasteiger partial charge in [-0.25, -0.2) is 0 Å². The van der Waals surface area contributed by atoms with Gasteiger partial charge < -0.3 is 5.21 Å². The number of oxime groups is 1. The molecule has 0 aliphatic heterocycles. The maximum Gasteiger partial charge on any atom is 0.218 e. The Bertz CT molecular complexity index is 423. The second kappa shape index (κ2) is 4.70. The van der Waals surface area contributed by atoms with E-state index in [0.717, 1.165) is 6.92 Å². The normalized spacial score (nSPS) is 11.2. The lowest BCUT2D eigenvalue weighted by atomic mass is 10.1. The van der Waals surface area contributed by atoms with Gasteiger partial charge in [0, 0.05) is 17.5 Å². The summed E-state index contributed by atoms with van der Waals surface area (Å²) in [5.74, 6) is -1.21. The molecule has 0 heterocycles. The van der Waals surface area contributed by atoms with Gasteiger partial charge in [-0.1, -0.05) is 16.8 Å². The fourth-order valence-corrected chi connectivity index (χ4v) is 1.14. The highest BCUT2D eigenvalue weighted by atomic mass is 35.5. The number of rotatable bonds is 3. The molecule has 1 rings (SSSR count). The van der Waals surface area contributed by atoms with Crippen molar-refractivity contribution in [2.45, 2.75) is 6.92 Å². The number of carbonyl (C=O) groups excluding carboxylic acids is 2. The lowest BCUT2D eigenvalue weighted by molar-refractivity contribution is -0.111. The fourth-order valence-electron chi connectivity index (χ4n) is 1.01. The minimum absolute atomic E-state index is 0.252. The molecule has 1 aromatic rings. The maximum absolute atomic E-state index is 11.6. The molecule has 0 spiro atoms. The highest BCUT2D eigenvalue weighted by molar-refractivity contribution is 6.68. The minimum atomic E-state index is -0.623. The molecule has 0 radical (unpaired) electrons. The van der Waals surface area contributed by atoms with Crippen molar-refractivity contribution in [3.8, 4) is 0 Å². The number of nitrogens with zero attached hydrogens (tertiary/aromatic N) is 1. The van der Waals surface area contributed by atoms with Crippen molar-refractivity contribution in [3.05, 3.63) is 34.9 Å². The molecule has 0 saturated heterocycles. The molecule has 4 nitrogen and oxygen atoms in total. The van der Waals surface area contributed by atoms with Gasteiger partial charge in [-0.15, -0.1) is 0 Å². The number of hydrogen-bond donors (Lipinski definition) is 1. The van der Waals surface area contributed by atoms with Crippen LogP contribution < -0.4 is 0 Å². The van der Waals surface area contributed by atoms with Crippen LogP contribution in [0.4, 0.5) is 0 Å². The summed E-state index contributed by atoms with van der Waals surface area (Å²) >= 11 is 5.63. The van der Waals surface area contributed by atoms with Gasteiger partial charge in [0.15, 0.2) is 11.5 Å². The molecular formula is C10H8ClNO3. The zero-order valence-electron chi connectivity index (χ0n) is 7.90. The van der Waals surface area contributed by atoms with Crippen LogP contribution in [0.2, 0.25) is 5.02 Å². The number of ketones is 2. The Kier molecular flexibility index (Phi) is 3.57. The SMILES string of the molecule is CC(=O)/C(=N\O)C(=O)c1ccc(Cl)cc1. The van der Waals surface area contributed by atoms with E-state index in [4.69, 9.17) is 16.8 Å². The van der Waals surface area contributed by atoms with Crippen molar-refractivity contribution >= 4 is 28.9 Å². The fraction of sp³-hybridized carbons (Fsp3) is 0.100. The molecule has 1 N–H and O–H groups in total. The van der Waals surface area contributed by atoms with E-state index in [-0.39, 0.29) is 5.56 Å². The van der Waals surface area contributed by atoms with Gasteiger partial charge in [0.2, 0.25) is 5.78 Å². The third-order valence-corrected chi connectivity index (χ3v) is 2.01. The highest BCUT2D eigenvalue weighted by Gasteiger charge is 2.18. The van der Waals surface area contributed by atoms with Crippen LogP contribution in [-0.2, 0) is 4.79 Å². The van der Waals surface area contributed by atoms with Gasteiger partial charge in [0.05, 0.1) is 0 Å².